The van der Waals surface area contributed by atoms with Gasteiger partial charge in [-0.25, -0.2) is 0 Å². The van der Waals surface area contributed by atoms with E-state index < -0.39 is 5.41 Å². The minimum atomic E-state index is -0.461. The van der Waals surface area contributed by atoms with Crippen LogP contribution in [0.25, 0.3) is 66.1 Å². The molecular formula is C47H28O2. The number of rotatable bonds is 2. The van der Waals surface area contributed by atoms with Gasteiger partial charge in [0.2, 0.25) is 0 Å². The van der Waals surface area contributed by atoms with Gasteiger partial charge in [-0.05, 0) is 85.6 Å². The van der Waals surface area contributed by atoms with E-state index in [1.807, 2.05) is 12.1 Å². The Hall–Kier alpha value is -6.38. The second-order valence-corrected chi connectivity index (χ2v) is 13.2. The van der Waals surface area contributed by atoms with Crippen LogP contribution in [-0.4, -0.2) is 0 Å². The predicted octanol–water partition coefficient (Wildman–Crippen LogP) is 12.5. The summed E-state index contributed by atoms with van der Waals surface area (Å²) in [5.41, 5.74) is 13.5. The number of benzene rings is 8. The monoisotopic (exact) mass is 624 g/mol. The largest absolute Gasteiger partial charge is 0.457 e. The lowest BCUT2D eigenvalue weighted by Crippen LogP contribution is -2.32. The molecular weight excluding hydrogens is 597 g/mol. The molecule has 0 radical (unpaired) electrons. The molecule has 0 saturated heterocycles. The first kappa shape index (κ1) is 26.7. The summed E-state index contributed by atoms with van der Waals surface area (Å²) >= 11 is 0. The Morgan fingerprint density at radius 1 is 0.327 bits per heavy atom. The normalized spacial score (nSPS) is 13.6. The Morgan fingerprint density at radius 3 is 1.59 bits per heavy atom. The SMILES string of the molecule is c1ccc2c(c1)Oc1cc(-c3ccc(-c4ccc5c(c4)oc4ccccc45)c4ccccc34)ccc1C21c2ccccc2-c2ccccc21. The molecule has 11 rings (SSSR count). The van der Waals surface area contributed by atoms with Crippen molar-refractivity contribution < 1.29 is 9.15 Å². The third-order valence-electron chi connectivity index (χ3n) is 10.8. The van der Waals surface area contributed by atoms with E-state index in [0.29, 0.717) is 0 Å². The molecule has 0 atom stereocenters. The second-order valence-electron chi connectivity index (χ2n) is 13.2. The van der Waals surface area contributed by atoms with E-state index in [-0.39, 0.29) is 0 Å². The van der Waals surface area contributed by atoms with Gasteiger partial charge in [-0.3, -0.25) is 0 Å². The van der Waals surface area contributed by atoms with E-state index in [1.165, 1.54) is 55.3 Å². The predicted molar refractivity (Wildman–Crippen MR) is 199 cm³/mol. The van der Waals surface area contributed by atoms with Gasteiger partial charge in [0.15, 0.2) is 0 Å². The van der Waals surface area contributed by atoms with Gasteiger partial charge in [0.1, 0.15) is 22.7 Å². The average molecular weight is 625 g/mol. The maximum absolute atomic E-state index is 6.82. The van der Waals surface area contributed by atoms with Crippen LogP contribution in [0.3, 0.4) is 0 Å². The Labute approximate surface area is 283 Å². The van der Waals surface area contributed by atoms with Crippen LogP contribution in [-0.2, 0) is 5.41 Å². The molecule has 0 saturated carbocycles. The molecule has 0 amide bonds. The van der Waals surface area contributed by atoms with Crippen LogP contribution >= 0.6 is 0 Å². The number of hydrogen-bond acceptors (Lipinski definition) is 2. The zero-order chi connectivity index (χ0) is 32.1. The molecule has 228 valence electrons. The van der Waals surface area contributed by atoms with E-state index >= 15 is 0 Å². The highest BCUT2D eigenvalue weighted by molar-refractivity contribution is 6.09. The van der Waals surface area contributed by atoms with E-state index in [9.17, 15) is 0 Å². The highest BCUT2D eigenvalue weighted by Gasteiger charge is 2.50. The Bertz CT molecular complexity index is 2770. The van der Waals surface area contributed by atoms with Crippen LogP contribution in [0.15, 0.2) is 174 Å². The van der Waals surface area contributed by atoms with Crippen molar-refractivity contribution in [3.05, 3.63) is 192 Å². The summed E-state index contributed by atoms with van der Waals surface area (Å²) in [6.07, 6.45) is 0. The molecule has 1 aliphatic carbocycles. The molecule has 0 unspecified atom stereocenters. The van der Waals surface area contributed by atoms with Crippen LogP contribution in [0.4, 0.5) is 0 Å². The Kier molecular flexibility index (Phi) is 5.34. The summed E-state index contributed by atoms with van der Waals surface area (Å²) in [6, 6.07) is 61.2. The molecule has 1 spiro atoms. The van der Waals surface area contributed by atoms with Gasteiger partial charge < -0.3 is 9.15 Å². The Morgan fingerprint density at radius 2 is 0.857 bits per heavy atom. The van der Waals surface area contributed by atoms with Crippen molar-refractivity contribution in [2.75, 3.05) is 0 Å². The van der Waals surface area contributed by atoms with E-state index in [1.54, 1.807) is 0 Å². The van der Waals surface area contributed by atoms with Gasteiger partial charge in [0.25, 0.3) is 0 Å². The maximum atomic E-state index is 6.82. The molecule has 49 heavy (non-hydrogen) atoms. The lowest BCUT2D eigenvalue weighted by Gasteiger charge is -2.39. The smallest absolute Gasteiger partial charge is 0.136 e. The standard InChI is InChI=1S/C47H28O2/c1-2-12-34-32(25-24-31(33(34)11-1)29-21-23-38-37-15-5-9-19-43(37)48-45(38)27-29)30-22-26-42-46(28-30)49-44-20-10-8-18-41(44)47(42)39-16-6-3-13-35(39)36-14-4-7-17-40(36)47/h1-28H. The van der Waals surface area contributed by atoms with Gasteiger partial charge in [-0.1, -0.05) is 140 Å². The molecule has 9 aromatic rings. The number of para-hydroxylation sites is 2. The summed E-state index contributed by atoms with van der Waals surface area (Å²) in [6.45, 7) is 0. The summed E-state index contributed by atoms with van der Waals surface area (Å²) in [5.74, 6) is 1.80. The minimum Gasteiger partial charge on any atom is -0.457 e. The molecule has 1 aromatic heterocycles. The van der Waals surface area contributed by atoms with Crippen molar-refractivity contribution in [3.8, 4) is 44.9 Å². The lowest BCUT2D eigenvalue weighted by atomic mass is 9.66. The average Bonchev–Trinajstić information content (AvgIpc) is 3.68. The number of fused-ring (bicyclic) bond motifs is 13. The maximum Gasteiger partial charge on any atom is 0.136 e. The first-order valence-corrected chi connectivity index (χ1v) is 16.8. The molecule has 0 bridgehead atoms. The van der Waals surface area contributed by atoms with Gasteiger partial charge in [0.05, 0.1) is 5.41 Å². The van der Waals surface area contributed by atoms with Crippen LogP contribution in [0.1, 0.15) is 22.3 Å². The molecule has 2 heterocycles. The highest BCUT2D eigenvalue weighted by Crippen LogP contribution is 2.62. The van der Waals surface area contributed by atoms with Crippen LogP contribution in [0, 0.1) is 0 Å². The van der Waals surface area contributed by atoms with Gasteiger partial charge in [-0.15, -0.1) is 0 Å². The quantitative estimate of drug-likeness (QED) is 0.191. The number of hydrogen-bond donors (Lipinski definition) is 0. The zero-order valence-corrected chi connectivity index (χ0v) is 26.5. The minimum absolute atomic E-state index is 0.461. The molecule has 2 heteroatoms. The molecule has 2 nitrogen and oxygen atoms in total. The summed E-state index contributed by atoms with van der Waals surface area (Å²) in [5, 5.41) is 4.69. The molecule has 8 aromatic carbocycles. The molecule has 0 fully saturated rings. The van der Waals surface area contributed by atoms with Crippen molar-refractivity contribution in [2.24, 2.45) is 0 Å². The van der Waals surface area contributed by atoms with Crippen LogP contribution < -0.4 is 4.74 Å². The fraction of sp³-hybridized carbons (Fsp3) is 0.0213. The third kappa shape index (κ3) is 3.55. The van der Waals surface area contributed by atoms with Crippen molar-refractivity contribution in [1.82, 2.24) is 0 Å². The zero-order valence-electron chi connectivity index (χ0n) is 26.5. The van der Waals surface area contributed by atoms with Gasteiger partial charge >= 0.3 is 0 Å². The van der Waals surface area contributed by atoms with Crippen molar-refractivity contribution >= 4 is 32.7 Å². The number of furan rings is 1. The van der Waals surface area contributed by atoms with Crippen molar-refractivity contribution in [3.63, 3.8) is 0 Å². The van der Waals surface area contributed by atoms with Crippen molar-refractivity contribution in [2.45, 2.75) is 5.41 Å². The fourth-order valence-electron chi connectivity index (χ4n) is 8.72. The summed E-state index contributed by atoms with van der Waals surface area (Å²) < 4.78 is 13.1. The van der Waals surface area contributed by atoms with Crippen LogP contribution in [0.5, 0.6) is 11.5 Å². The molecule has 0 N–H and O–H groups in total. The van der Waals surface area contributed by atoms with Gasteiger partial charge in [0, 0.05) is 21.9 Å². The van der Waals surface area contributed by atoms with Crippen molar-refractivity contribution in [1.29, 1.82) is 0 Å². The third-order valence-corrected chi connectivity index (χ3v) is 10.8. The van der Waals surface area contributed by atoms with Crippen LogP contribution in [0.2, 0.25) is 0 Å². The number of ether oxygens (including phenoxy) is 1. The van der Waals surface area contributed by atoms with E-state index in [2.05, 4.69) is 158 Å². The lowest BCUT2D eigenvalue weighted by molar-refractivity contribution is 0.436. The topological polar surface area (TPSA) is 22.4 Å². The first-order chi connectivity index (χ1) is 24.3. The summed E-state index contributed by atoms with van der Waals surface area (Å²) in [4.78, 5) is 0. The van der Waals surface area contributed by atoms with E-state index in [0.717, 1.165) is 44.6 Å². The van der Waals surface area contributed by atoms with Gasteiger partial charge in [-0.2, -0.15) is 0 Å². The Balaban J connectivity index is 1.10. The highest BCUT2D eigenvalue weighted by atomic mass is 16.5. The fourth-order valence-corrected chi connectivity index (χ4v) is 8.72. The summed E-state index contributed by atoms with van der Waals surface area (Å²) in [7, 11) is 0. The molecule has 1 aliphatic heterocycles. The first-order valence-electron chi connectivity index (χ1n) is 16.8. The second kappa shape index (κ2) is 9.82. The van der Waals surface area contributed by atoms with E-state index in [4.69, 9.17) is 9.15 Å². The molecule has 2 aliphatic rings.